The molecule has 1 aliphatic heterocycles. The van der Waals surface area contributed by atoms with Crippen LogP contribution in [0.2, 0.25) is 0 Å². The number of nitrogens with two attached hydrogens (primary N) is 1. The van der Waals surface area contributed by atoms with Crippen molar-refractivity contribution in [1.29, 1.82) is 0 Å². The fourth-order valence-corrected chi connectivity index (χ4v) is 6.67. The Morgan fingerprint density at radius 2 is 1.95 bits per heavy atom. The lowest BCUT2D eigenvalue weighted by Crippen LogP contribution is -2.44. The van der Waals surface area contributed by atoms with Crippen molar-refractivity contribution < 1.29 is 65.0 Å². The number of nitrogens with one attached hydrogen (secondary N) is 1. The summed E-state index contributed by atoms with van der Waals surface area (Å²) in [5.74, 6) is 3.29. The third-order valence-corrected chi connectivity index (χ3v) is 8.69. The molecule has 1 aliphatic rings. The van der Waals surface area contributed by atoms with Crippen molar-refractivity contribution >= 4 is 40.4 Å². The number of aromatic nitrogens is 3. The quantitative estimate of drug-likeness (QED) is 0.156. The van der Waals surface area contributed by atoms with E-state index in [2.05, 4.69) is 23.1 Å². The second kappa shape index (κ2) is 10.3. The van der Waals surface area contributed by atoms with E-state index in [4.69, 9.17) is 20.3 Å². The topological polar surface area (TPSA) is 266 Å². The van der Waals surface area contributed by atoms with Crippen LogP contribution in [0.15, 0.2) is 17.1 Å². The number of hydrogen-bond donors (Lipinski definition) is 7. The zero-order chi connectivity index (χ0) is 28.0. The van der Waals surface area contributed by atoms with Crippen LogP contribution in [0.1, 0.15) is 13.2 Å². The third kappa shape index (κ3) is 6.52. The first kappa shape index (κ1) is 29.5. The highest BCUT2D eigenvalue weighted by Gasteiger charge is 2.60. The monoisotopic (exact) mass is 594 g/mol. The van der Waals surface area contributed by atoms with Gasteiger partial charge >= 0.3 is 23.5 Å². The zero-order valence-corrected chi connectivity index (χ0v) is 20.9. The summed E-state index contributed by atoms with van der Waals surface area (Å²) in [6.07, 6.45) is -6.97. The van der Waals surface area contributed by atoms with Gasteiger partial charge in [0, 0.05) is 6.20 Å². The molecular formula is C15H19F2N4O13P3. The number of aliphatic hydroxyl groups is 1. The van der Waals surface area contributed by atoms with Crippen LogP contribution in [0.3, 0.4) is 0 Å². The van der Waals surface area contributed by atoms with Crippen molar-refractivity contribution in [2.75, 3.05) is 12.4 Å². The molecule has 3 heterocycles. The van der Waals surface area contributed by atoms with E-state index in [1.807, 2.05) is 5.92 Å². The molecule has 0 saturated carbocycles. The SMILES string of the molecule is C[C@H](OP(=O)(O)OP(=O)(O)OP(=O)(O)O)[C@H]1O[C@@H](n2ccc3c(=O)[nH]c(N)nc32)C(F)(C#CCF)[C@H]1O. The van der Waals surface area contributed by atoms with E-state index < -0.39 is 65.9 Å². The summed E-state index contributed by atoms with van der Waals surface area (Å²) < 4.78 is 81.4. The number of anilines is 1. The molecule has 8 N–H and O–H groups in total. The number of aliphatic hydroxyl groups excluding tert-OH is 1. The second-order valence-corrected chi connectivity index (χ2v) is 11.8. The maximum atomic E-state index is 16.1. The summed E-state index contributed by atoms with van der Waals surface area (Å²) >= 11 is 0. The van der Waals surface area contributed by atoms with Crippen molar-refractivity contribution in [3.8, 4) is 11.8 Å². The second-order valence-electron chi connectivity index (χ2n) is 7.41. The van der Waals surface area contributed by atoms with Crippen LogP contribution >= 0.6 is 23.5 Å². The number of H-pyrrole nitrogens is 1. The smallest absolute Gasteiger partial charge is 0.386 e. The molecule has 22 heteroatoms. The van der Waals surface area contributed by atoms with E-state index in [0.717, 1.165) is 17.7 Å². The van der Waals surface area contributed by atoms with Gasteiger partial charge in [-0.15, -0.1) is 0 Å². The van der Waals surface area contributed by atoms with Crippen LogP contribution in [0.25, 0.3) is 11.0 Å². The molecule has 0 bridgehead atoms. The maximum absolute atomic E-state index is 16.1. The number of hydrogen-bond acceptors (Lipinski definition) is 11. The molecule has 206 valence electrons. The van der Waals surface area contributed by atoms with E-state index >= 15 is 4.39 Å². The highest BCUT2D eigenvalue weighted by Crippen LogP contribution is 2.66. The summed E-state index contributed by atoms with van der Waals surface area (Å²) in [5, 5.41) is 10.6. The highest BCUT2D eigenvalue weighted by molar-refractivity contribution is 7.66. The van der Waals surface area contributed by atoms with Gasteiger partial charge in [-0.2, -0.15) is 13.6 Å². The Hall–Kier alpha value is -2.03. The number of rotatable bonds is 8. The van der Waals surface area contributed by atoms with E-state index in [1.54, 1.807) is 5.92 Å². The van der Waals surface area contributed by atoms with Crippen LogP contribution in [0.5, 0.6) is 0 Å². The average Bonchev–Trinajstić information content (AvgIpc) is 3.23. The maximum Gasteiger partial charge on any atom is 0.490 e. The number of nitrogen functional groups attached to an aromatic ring is 1. The average molecular weight is 594 g/mol. The van der Waals surface area contributed by atoms with Crippen molar-refractivity contribution in [3.05, 3.63) is 22.6 Å². The molecule has 3 rings (SSSR count). The summed E-state index contributed by atoms with van der Waals surface area (Å²) in [6, 6.07) is 1.20. The number of ether oxygens (including phenoxy) is 1. The predicted molar refractivity (Wildman–Crippen MR) is 117 cm³/mol. The normalized spacial score (nSPS) is 28.3. The van der Waals surface area contributed by atoms with Gasteiger partial charge in [0.05, 0.1) is 11.5 Å². The molecule has 0 amide bonds. The molecule has 7 atom stereocenters. The van der Waals surface area contributed by atoms with Crippen LogP contribution in [0.4, 0.5) is 14.7 Å². The van der Waals surface area contributed by atoms with E-state index in [0.29, 0.717) is 0 Å². The first-order valence-electron chi connectivity index (χ1n) is 9.66. The Morgan fingerprint density at radius 1 is 1.30 bits per heavy atom. The molecular weight excluding hydrogens is 575 g/mol. The van der Waals surface area contributed by atoms with Gasteiger partial charge in [-0.1, -0.05) is 11.8 Å². The van der Waals surface area contributed by atoms with E-state index in [1.165, 1.54) is 6.07 Å². The molecule has 1 saturated heterocycles. The first-order valence-corrected chi connectivity index (χ1v) is 14.2. The highest BCUT2D eigenvalue weighted by atomic mass is 31.3. The minimum absolute atomic E-state index is 0.0853. The van der Waals surface area contributed by atoms with Gasteiger partial charge in [0.25, 0.3) is 5.56 Å². The molecule has 0 aliphatic carbocycles. The van der Waals surface area contributed by atoms with Crippen LogP contribution in [0, 0.1) is 11.8 Å². The number of halogens is 2. The Balaban J connectivity index is 1.95. The van der Waals surface area contributed by atoms with Gasteiger partial charge in [0.1, 0.15) is 18.9 Å². The van der Waals surface area contributed by atoms with Gasteiger partial charge in [0.15, 0.2) is 11.9 Å². The lowest BCUT2D eigenvalue weighted by molar-refractivity contribution is -0.0752. The summed E-state index contributed by atoms with van der Waals surface area (Å²) in [7, 11) is -17.2. The minimum atomic E-state index is -5.87. The number of fused-ring (bicyclic) bond motifs is 1. The Kier molecular flexibility index (Phi) is 8.19. The molecule has 37 heavy (non-hydrogen) atoms. The van der Waals surface area contributed by atoms with Crippen LogP contribution in [-0.2, 0) is 31.6 Å². The molecule has 2 aromatic heterocycles. The number of phosphoric ester groups is 1. The zero-order valence-electron chi connectivity index (χ0n) is 18.2. The number of alkyl halides is 2. The third-order valence-electron chi connectivity index (χ3n) is 4.76. The van der Waals surface area contributed by atoms with Gasteiger partial charge < -0.3 is 39.7 Å². The van der Waals surface area contributed by atoms with Gasteiger partial charge in [-0.3, -0.25) is 14.3 Å². The minimum Gasteiger partial charge on any atom is -0.386 e. The fraction of sp³-hybridized carbons (Fsp3) is 0.467. The molecule has 2 aromatic rings. The van der Waals surface area contributed by atoms with Crippen molar-refractivity contribution in [3.63, 3.8) is 0 Å². The largest absolute Gasteiger partial charge is 0.490 e. The lowest BCUT2D eigenvalue weighted by atomic mass is 9.94. The molecule has 0 spiro atoms. The molecule has 0 radical (unpaired) electrons. The molecule has 17 nitrogen and oxygen atoms in total. The van der Waals surface area contributed by atoms with Crippen molar-refractivity contribution in [2.45, 2.75) is 37.1 Å². The summed E-state index contributed by atoms with van der Waals surface area (Å²) in [4.78, 5) is 54.4. The lowest BCUT2D eigenvalue weighted by Gasteiger charge is -2.25. The first-order chi connectivity index (χ1) is 16.9. The molecule has 1 fully saturated rings. The number of phosphoric acid groups is 3. The predicted octanol–water partition coefficient (Wildman–Crippen LogP) is -0.0219. The molecule has 0 aromatic carbocycles. The van der Waals surface area contributed by atoms with Gasteiger partial charge in [-0.05, 0) is 13.0 Å². The molecule has 3 unspecified atom stereocenters. The van der Waals surface area contributed by atoms with Crippen LogP contribution < -0.4 is 11.3 Å². The summed E-state index contributed by atoms with van der Waals surface area (Å²) in [5.41, 5.74) is 1.44. The van der Waals surface area contributed by atoms with E-state index in [-0.39, 0.29) is 17.0 Å². The Labute approximate surface area is 204 Å². The fourth-order valence-electron chi connectivity index (χ4n) is 3.47. The van der Waals surface area contributed by atoms with Crippen LogP contribution in [-0.4, -0.2) is 69.9 Å². The standard InChI is InChI=1S/C15H19F2N4O13P3/c1-7(32-36(27,28)34-37(29,30)33-35(24,25)26)9-10(22)15(17,4-2-5-16)13(31-9)21-6-3-8-11(21)19-14(18)20-12(8)23/h3,6-7,9-10,13,22H,5H2,1H3,(H,27,28)(H,29,30)(H2,24,25,26)(H3,18,19,20,23)/t7-,9+,10-,13+,15?/m0/s1. The van der Waals surface area contributed by atoms with Gasteiger partial charge in [0.2, 0.25) is 11.6 Å². The van der Waals surface area contributed by atoms with E-state index in [9.17, 15) is 37.8 Å². The van der Waals surface area contributed by atoms with Crippen molar-refractivity contribution in [1.82, 2.24) is 14.5 Å². The summed E-state index contributed by atoms with van der Waals surface area (Å²) in [6.45, 7) is -0.420. The number of aromatic amines is 1. The van der Waals surface area contributed by atoms with Gasteiger partial charge in [-0.25, -0.2) is 22.5 Å². The Bertz CT molecular complexity index is 1450. The number of nitrogens with zero attached hydrogens (tertiary/aromatic N) is 2. The Morgan fingerprint density at radius 3 is 2.54 bits per heavy atom. The van der Waals surface area contributed by atoms with Crippen molar-refractivity contribution in [2.24, 2.45) is 0 Å².